The second-order valence-electron chi connectivity index (χ2n) is 6.93. The first kappa shape index (κ1) is 24.0. The van der Waals surface area contributed by atoms with E-state index in [4.69, 9.17) is 28.4 Å². The van der Waals surface area contributed by atoms with Crippen molar-refractivity contribution >= 4 is 23.9 Å². The Morgan fingerprint density at radius 3 is 2.23 bits per heavy atom. The van der Waals surface area contributed by atoms with Crippen LogP contribution in [0.5, 0.6) is 11.5 Å². The van der Waals surface area contributed by atoms with Crippen molar-refractivity contribution < 1.29 is 47.6 Å². The summed E-state index contributed by atoms with van der Waals surface area (Å²) in [6.07, 6.45) is -3.04. The molecule has 0 aromatic heterocycles. The Morgan fingerprint density at radius 2 is 1.68 bits per heavy atom. The van der Waals surface area contributed by atoms with Crippen LogP contribution in [0.2, 0.25) is 0 Å². The molecule has 1 aromatic rings. The van der Waals surface area contributed by atoms with E-state index in [9.17, 15) is 19.2 Å². The monoisotopic (exact) mass is 438 g/mol. The van der Waals surface area contributed by atoms with Crippen molar-refractivity contribution in [3.8, 4) is 11.5 Å². The molecule has 0 saturated carbocycles. The van der Waals surface area contributed by atoms with Crippen LogP contribution in [0.3, 0.4) is 0 Å². The first-order valence-electron chi connectivity index (χ1n) is 9.60. The van der Waals surface area contributed by atoms with Crippen molar-refractivity contribution in [3.63, 3.8) is 0 Å². The van der Waals surface area contributed by atoms with Crippen LogP contribution in [0.25, 0.3) is 0 Å². The summed E-state index contributed by atoms with van der Waals surface area (Å²) < 4.78 is 32.1. The summed E-state index contributed by atoms with van der Waals surface area (Å²) in [6, 6.07) is 4.99. The second-order valence-corrected chi connectivity index (χ2v) is 6.93. The number of fused-ring (bicyclic) bond motifs is 1. The van der Waals surface area contributed by atoms with Crippen LogP contribution < -0.4 is 9.47 Å². The number of hydrogen-bond acceptors (Lipinski definition) is 10. The second kappa shape index (κ2) is 10.6. The molecule has 1 aliphatic rings. The van der Waals surface area contributed by atoms with Crippen LogP contribution in [-0.4, -0.2) is 56.1 Å². The van der Waals surface area contributed by atoms with E-state index in [1.807, 2.05) is 0 Å². The van der Waals surface area contributed by atoms with Gasteiger partial charge in [-0.2, -0.15) is 0 Å². The van der Waals surface area contributed by atoms with Gasteiger partial charge >= 0.3 is 23.9 Å². The molecule has 1 aliphatic heterocycles. The fourth-order valence-corrected chi connectivity index (χ4v) is 3.36. The molecule has 1 aromatic carbocycles. The highest BCUT2D eigenvalue weighted by molar-refractivity contribution is 5.68. The lowest BCUT2D eigenvalue weighted by molar-refractivity contribution is -0.181. The molecule has 4 atom stereocenters. The highest BCUT2D eigenvalue weighted by Crippen LogP contribution is 2.42. The zero-order valence-electron chi connectivity index (χ0n) is 18.0. The largest absolute Gasteiger partial charge is 0.497 e. The molecule has 170 valence electrons. The molecule has 10 heteroatoms. The first-order chi connectivity index (χ1) is 14.6. The van der Waals surface area contributed by atoms with E-state index >= 15 is 0 Å². The molecule has 0 radical (unpaired) electrons. The number of carbonyl (C=O) groups is 4. The third kappa shape index (κ3) is 6.87. The minimum Gasteiger partial charge on any atom is -0.497 e. The Morgan fingerprint density at radius 1 is 1.00 bits per heavy atom. The van der Waals surface area contributed by atoms with Gasteiger partial charge in [0, 0.05) is 45.6 Å². The summed E-state index contributed by atoms with van der Waals surface area (Å²) in [7, 11) is 1.49. The van der Waals surface area contributed by atoms with Gasteiger partial charge in [0.15, 0.2) is 6.10 Å². The van der Waals surface area contributed by atoms with Crippen molar-refractivity contribution in [3.05, 3.63) is 23.8 Å². The number of benzene rings is 1. The average molecular weight is 438 g/mol. The maximum Gasteiger partial charge on any atom is 0.305 e. The van der Waals surface area contributed by atoms with Gasteiger partial charge in [-0.05, 0) is 18.2 Å². The molecule has 31 heavy (non-hydrogen) atoms. The lowest BCUT2D eigenvalue weighted by Crippen LogP contribution is -2.45. The highest BCUT2D eigenvalue weighted by atomic mass is 16.7. The van der Waals surface area contributed by atoms with Crippen LogP contribution in [0.1, 0.15) is 45.6 Å². The van der Waals surface area contributed by atoms with E-state index in [-0.39, 0.29) is 13.0 Å². The van der Waals surface area contributed by atoms with Gasteiger partial charge < -0.3 is 28.4 Å². The van der Waals surface area contributed by atoms with Crippen molar-refractivity contribution in [2.75, 3.05) is 13.7 Å². The molecular formula is C21H26O10. The molecule has 0 fully saturated rings. The average Bonchev–Trinajstić information content (AvgIpc) is 2.67. The van der Waals surface area contributed by atoms with E-state index in [1.165, 1.54) is 34.8 Å². The lowest BCUT2D eigenvalue weighted by atomic mass is 9.84. The van der Waals surface area contributed by atoms with Gasteiger partial charge in [-0.15, -0.1) is 0 Å². The minimum absolute atomic E-state index is 0.0928. The van der Waals surface area contributed by atoms with E-state index < -0.39 is 48.3 Å². The molecule has 0 N–H and O–H groups in total. The Balaban J connectivity index is 2.51. The van der Waals surface area contributed by atoms with Crippen LogP contribution >= 0.6 is 0 Å². The predicted octanol–water partition coefficient (Wildman–Crippen LogP) is 1.88. The summed E-state index contributed by atoms with van der Waals surface area (Å²) >= 11 is 0. The predicted molar refractivity (Wildman–Crippen MR) is 104 cm³/mol. The number of carbonyl (C=O) groups excluding carboxylic acids is 4. The van der Waals surface area contributed by atoms with Crippen LogP contribution in [0.4, 0.5) is 0 Å². The maximum absolute atomic E-state index is 11.9. The van der Waals surface area contributed by atoms with Gasteiger partial charge in [0.2, 0.25) is 6.29 Å². The van der Waals surface area contributed by atoms with Crippen molar-refractivity contribution in [1.29, 1.82) is 0 Å². The lowest BCUT2D eigenvalue weighted by Gasteiger charge is -2.38. The Labute approximate surface area is 179 Å². The molecule has 10 nitrogen and oxygen atoms in total. The Hall–Kier alpha value is -3.30. The standard InChI is InChI=1S/C21H26O10/c1-11(22)27-10-19(28-12(2)23)21(30-14(4)25)17-9-20(29-13(3)24)31-18-7-6-15(26-5)8-16(17)18/h6-8,17,19-21H,9-10H2,1-5H3/t17-,19-,20-,21-/m1/s1. The van der Waals surface area contributed by atoms with Gasteiger partial charge in [0.05, 0.1) is 7.11 Å². The quantitative estimate of drug-likeness (QED) is 0.439. The Bertz CT molecular complexity index is 833. The van der Waals surface area contributed by atoms with Crippen molar-refractivity contribution in [1.82, 2.24) is 0 Å². The third-order valence-corrected chi connectivity index (χ3v) is 4.45. The number of ether oxygens (including phenoxy) is 6. The summed E-state index contributed by atoms with van der Waals surface area (Å²) in [5, 5.41) is 0. The zero-order valence-corrected chi connectivity index (χ0v) is 18.0. The van der Waals surface area contributed by atoms with Crippen LogP contribution in [0, 0.1) is 0 Å². The van der Waals surface area contributed by atoms with E-state index in [2.05, 4.69) is 0 Å². The maximum atomic E-state index is 11.9. The normalized spacial score (nSPS) is 19.0. The summed E-state index contributed by atoms with van der Waals surface area (Å²) in [4.78, 5) is 46.5. The zero-order chi connectivity index (χ0) is 23.1. The third-order valence-electron chi connectivity index (χ3n) is 4.45. The van der Waals surface area contributed by atoms with E-state index in [0.717, 1.165) is 0 Å². The molecular weight excluding hydrogens is 412 g/mol. The number of esters is 4. The highest BCUT2D eigenvalue weighted by Gasteiger charge is 2.42. The molecule has 0 spiro atoms. The summed E-state index contributed by atoms with van der Waals surface area (Å²) in [5.74, 6) is -2.16. The molecule has 0 aliphatic carbocycles. The SMILES string of the molecule is COc1ccc2c(c1)[C@H]([C@@H](OC(C)=O)[C@@H](COC(C)=O)OC(C)=O)C[C@H](OC(C)=O)O2. The first-order valence-corrected chi connectivity index (χ1v) is 9.60. The van der Waals surface area contributed by atoms with E-state index in [1.54, 1.807) is 18.2 Å². The fraction of sp³-hybridized carbons (Fsp3) is 0.524. The van der Waals surface area contributed by atoms with Crippen LogP contribution in [-0.2, 0) is 38.1 Å². The molecule has 0 unspecified atom stereocenters. The summed E-state index contributed by atoms with van der Waals surface area (Å²) in [6.45, 7) is 4.51. The van der Waals surface area contributed by atoms with Gasteiger partial charge in [-0.1, -0.05) is 0 Å². The van der Waals surface area contributed by atoms with Crippen LogP contribution in [0.15, 0.2) is 18.2 Å². The van der Waals surface area contributed by atoms with Gasteiger partial charge in [0.1, 0.15) is 24.2 Å². The topological polar surface area (TPSA) is 124 Å². The van der Waals surface area contributed by atoms with Crippen molar-refractivity contribution in [2.45, 2.75) is 58.5 Å². The summed E-state index contributed by atoms with van der Waals surface area (Å²) in [5.41, 5.74) is 0.592. The smallest absolute Gasteiger partial charge is 0.305 e. The molecule has 2 rings (SSSR count). The van der Waals surface area contributed by atoms with Gasteiger partial charge in [-0.25, -0.2) is 0 Å². The molecule has 0 bridgehead atoms. The number of methoxy groups -OCH3 is 1. The van der Waals surface area contributed by atoms with Gasteiger partial charge in [0.25, 0.3) is 0 Å². The number of rotatable bonds is 8. The molecule has 0 saturated heterocycles. The van der Waals surface area contributed by atoms with Gasteiger partial charge in [-0.3, -0.25) is 19.2 Å². The van der Waals surface area contributed by atoms with Crippen molar-refractivity contribution in [2.24, 2.45) is 0 Å². The minimum atomic E-state index is -1.11. The Kier molecular flexibility index (Phi) is 8.23. The molecule has 0 amide bonds. The number of hydrogen-bond donors (Lipinski definition) is 0. The van der Waals surface area contributed by atoms with E-state index in [0.29, 0.717) is 17.1 Å². The molecule has 1 heterocycles. The fourth-order valence-electron chi connectivity index (χ4n) is 3.36.